The summed E-state index contributed by atoms with van der Waals surface area (Å²) in [5.41, 5.74) is 8.28. The van der Waals surface area contributed by atoms with Gasteiger partial charge < -0.3 is 10.6 Å². The molecule has 0 aromatic carbocycles. The van der Waals surface area contributed by atoms with Crippen molar-refractivity contribution in [3.05, 3.63) is 16.8 Å². The average molecular weight is 279 g/mol. The lowest BCUT2D eigenvalue weighted by molar-refractivity contribution is 0.614. The Balaban J connectivity index is 2.50. The summed E-state index contributed by atoms with van der Waals surface area (Å²) < 4.78 is 0. The van der Waals surface area contributed by atoms with Gasteiger partial charge in [0.2, 0.25) is 0 Å². The third-order valence-electron chi connectivity index (χ3n) is 3.86. The summed E-state index contributed by atoms with van der Waals surface area (Å²) in [5, 5.41) is 16.9. The largest absolute Gasteiger partial charge is 0.384 e. The van der Waals surface area contributed by atoms with Crippen LogP contribution in [-0.4, -0.2) is 39.6 Å². The van der Waals surface area contributed by atoms with Gasteiger partial charge in [0, 0.05) is 23.6 Å². The van der Waals surface area contributed by atoms with Gasteiger partial charge >= 0.3 is 0 Å². The molecule has 19 heavy (non-hydrogen) atoms. The lowest BCUT2D eigenvalue weighted by Crippen LogP contribution is -2.46. The number of hydrogen-bond acceptors (Lipinski definition) is 5. The van der Waals surface area contributed by atoms with E-state index in [4.69, 9.17) is 11.1 Å². The maximum Gasteiger partial charge on any atom is 0.162 e. The van der Waals surface area contributed by atoms with Crippen molar-refractivity contribution in [3.63, 3.8) is 0 Å². The van der Waals surface area contributed by atoms with Gasteiger partial charge in [-0.05, 0) is 26.3 Å². The molecule has 0 amide bonds. The van der Waals surface area contributed by atoms with Crippen LogP contribution in [0.3, 0.4) is 0 Å². The monoisotopic (exact) mass is 279 g/mol. The van der Waals surface area contributed by atoms with Gasteiger partial charge in [-0.1, -0.05) is 6.92 Å². The number of anilines is 1. The molecular formula is C13H21N5S. The average Bonchev–Trinajstić information content (AvgIpc) is 2.35. The highest BCUT2D eigenvalue weighted by molar-refractivity contribution is 8.00. The predicted molar refractivity (Wildman–Crippen MR) is 81.3 cm³/mol. The summed E-state index contributed by atoms with van der Waals surface area (Å²) in [6, 6.07) is 0.369. The van der Waals surface area contributed by atoms with Crippen LogP contribution in [0.4, 0.5) is 5.82 Å². The number of rotatable bonds is 2. The first kappa shape index (κ1) is 14.1. The molecule has 5 nitrogen and oxygen atoms in total. The molecule has 0 radical (unpaired) electrons. The quantitative estimate of drug-likeness (QED) is 0.636. The SMILES string of the molecule is Cc1nnc(N2CCSC(C)C2C)c(C(=N)N)c1C. The van der Waals surface area contributed by atoms with E-state index in [0.717, 1.165) is 34.9 Å². The van der Waals surface area contributed by atoms with Crippen LogP contribution < -0.4 is 10.6 Å². The van der Waals surface area contributed by atoms with E-state index in [1.165, 1.54) is 0 Å². The fourth-order valence-electron chi connectivity index (χ4n) is 2.35. The number of thioether (sulfide) groups is 1. The Morgan fingerprint density at radius 3 is 2.68 bits per heavy atom. The molecule has 1 saturated heterocycles. The van der Waals surface area contributed by atoms with Crippen molar-refractivity contribution in [1.29, 1.82) is 5.41 Å². The van der Waals surface area contributed by atoms with Crippen LogP contribution in [0.1, 0.15) is 30.7 Å². The summed E-state index contributed by atoms with van der Waals surface area (Å²) in [4.78, 5) is 2.23. The van der Waals surface area contributed by atoms with Crippen LogP contribution in [0, 0.1) is 19.3 Å². The van der Waals surface area contributed by atoms with E-state index < -0.39 is 0 Å². The molecule has 1 aliphatic rings. The normalized spacial score (nSPS) is 23.5. The predicted octanol–water partition coefficient (Wildman–Crippen LogP) is 1.71. The molecule has 104 valence electrons. The molecule has 2 atom stereocenters. The van der Waals surface area contributed by atoms with Crippen LogP contribution in [0.25, 0.3) is 0 Å². The lowest BCUT2D eigenvalue weighted by atomic mass is 10.1. The topological polar surface area (TPSA) is 78.9 Å². The number of nitrogen functional groups attached to an aromatic ring is 1. The Morgan fingerprint density at radius 1 is 1.37 bits per heavy atom. The van der Waals surface area contributed by atoms with Gasteiger partial charge in [0.1, 0.15) is 5.84 Å². The number of nitrogens with one attached hydrogen (secondary N) is 1. The van der Waals surface area contributed by atoms with Gasteiger partial charge in [-0.3, -0.25) is 5.41 Å². The smallest absolute Gasteiger partial charge is 0.162 e. The summed E-state index contributed by atoms with van der Waals surface area (Å²) in [5.74, 6) is 1.90. The van der Waals surface area contributed by atoms with Crippen molar-refractivity contribution in [3.8, 4) is 0 Å². The summed E-state index contributed by atoms with van der Waals surface area (Å²) in [7, 11) is 0. The molecule has 6 heteroatoms. The molecule has 3 N–H and O–H groups in total. The number of hydrogen-bond donors (Lipinski definition) is 2. The Morgan fingerprint density at radius 2 is 2.05 bits per heavy atom. The first-order valence-corrected chi connectivity index (χ1v) is 7.55. The van der Waals surface area contributed by atoms with E-state index in [1.54, 1.807) is 0 Å². The molecule has 0 aliphatic carbocycles. The first-order valence-electron chi connectivity index (χ1n) is 6.50. The fraction of sp³-hybridized carbons (Fsp3) is 0.615. The van der Waals surface area contributed by atoms with E-state index in [-0.39, 0.29) is 5.84 Å². The number of aromatic nitrogens is 2. The van der Waals surface area contributed by atoms with Crippen LogP contribution in [0.2, 0.25) is 0 Å². The zero-order valence-corrected chi connectivity index (χ0v) is 12.7. The Kier molecular flexibility index (Phi) is 3.99. The summed E-state index contributed by atoms with van der Waals surface area (Å²) >= 11 is 1.97. The highest BCUT2D eigenvalue weighted by Crippen LogP contribution is 2.30. The van der Waals surface area contributed by atoms with Crippen LogP contribution in [0.5, 0.6) is 0 Å². The number of amidine groups is 1. The highest BCUT2D eigenvalue weighted by Gasteiger charge is 2.29. The van der Waals surface area contributed by atoms with E-state index in [1.807, 2.05) is 25.6 Å². The van der Waals surface area contributed by atoms with Gasteiger partial charge in [-0.2, -0.15) is 16.9 Å². The van der Waals surface area contributed by atoms with E-state index in [0.29, 0.717) is 11.3 Å². The minimum absolute atomic E-state index is 0.0728. The van der Waals surface area contributed by atoms with Crippen LogP contribution >= 0.6 is 11.8 Å². The molecule has 0 saturated carbocycles. The van der Waals surface area contributed by atoms with E-state index in [2.05, 4.69) is 28.9 Å². The van der Waals surface area contributed by atoms with E-state index in [9.17, 15) is 0 Å². The van der Waals surface area contributed by atoms with Gasteiger partial charge in [0.25, 0.3) is 0 Å². The van der Waals surface area contributed by atoms with Gasteiger partial charge in [0.05, 0.1) is 11.3 Å². The lowest BCUT2D eigenvalue weighted by Gasteiger charge is -2.39. The molecule has 2 unspecified atom stereocenters. The van der Waals surface area contributed by atoms with Crippen molar-refractivity contribution >= 4 is 23.4 Å². The molecule has 1 fully saturated rings. The zero-order valence-electron chi connectivity index (χ0n) is 11.9. The van der Waals surface area contributed by atoms with Gasteiger partial charge in [-0.15, -0.1) is 5.10 Å². The van der Waals surface area contributed by atoms with Crippen molar-refractivity contribution in [2.24, 2.45) is 5.73 Å². The van der Waals surface area contributed by atoms with Crippen molar-refractivity contribution in [1.82, 2.24) is 10.2 Å². The number of nitrogens with two attached hydrogens (primary N) is 1. The Bertz CT molecular complexity index is 502. The van der Waals surface area contributed by atoms with Gasteiger partial charge in [-0.25, -0.2) is 0 Å². The number of aryl methyl sites for hydroxylation is 1. The highest BCUT2D eigenvalue weighted by atomic mass is 32.2. The number of nitrogens with zero attached hydrogens (tertiary/aromatic N) is 3. The minimum atomic E-state index is 0.0728. The maximum absolute atomic E-state index is 7.83. The Hall–Kier alpha value is -1.30. The third-order valence-corrected chi connectivity index (χ3v) is 5.20. The van der Waals surface area contributed by atoms with E-state index >= 15 is 0 Å². The van der Waals surface area contributed by atoms with Crippen molar-refractivity contribution in [2.45, 2.75) is 39.0 Å². The molecule has 2 heterocycles. The first-order chi connectivity index (χ1) is 8.93. The molecule has 0 spiro atoms. The Labute approximate surface area is 118 Å². The van der Waals surface area contributed by atoms with Crippen LogP contribution in [0.15, 0.2) is 0 Å². The molecule has 1 aromatic heterocycles. The minimum Gasteiger partial charge on any atom is -0.384 e. The van der Waals surface area contributed by atoms with Crippen molar-refractivity contribution in [2.75, 3.05) is 17.2 Å². The second kappa shape index (κ2) is 5.36. The van der Waals surface area contributed by atoms with Gasteiger partial charge in [0.15, 0.2) is 5.82 Å². The second-order valence-electron chi connectivity index (χ2n) is 5.03. The third kappa shape index (κ3) is 2.54. The fourth-order valence-corrected chi connectivity index (χ4v) is 3.45. The molecule has 1 aliphatic heterocycles. The summed E-state index contributed by atoms with van der Waals surface area (Å²) in [6.45, 7) is 9.20. The molecule has 2 rings (SSSR count). The molecular weight excluding hydrogens is 258 g/mol. The molecule has 0 bridgehead atoms. The van der Waals surface area contributed by atoms with Crippen molar-refractivity contribution < 1.29 is 0 Å². The molecule has 1 aromatic rings. The maximum atomic E-state index is 7.83. The van der Waals surface area contributed by atoms with Crippen LogP contribution in [-0.2, 0) is 0 Å². The standard InChI is InChI=1S/C13H21N5S/c1-7-8(2)16-17-13(11(7)12(14)15)18-5-6-19-10(4)9(18)3/h9-10H,5-6H2,1-4H3,(H3,14,15). The summed E-state index contributed by atoms with van der Waals surface area (Å²) in [6.07, 6.45) is 0. The zero-order chi connectivity index (χ0) is 14.2. The second-order valence-corrected chi connectivity index (χ2v) is 6.52.